The van der Waals surface area contributed by atoms with E-state index in [1.54, 1.807) is 24.3 Å². The normalized spacial score (nSPS) is 20.0. The molecule has 0 radical (unpaired) electrons. The molecular formula is C17H17ClN2O4. The molecule has 24 heavy (non-hydrogen) atoms. The lowest BCUT2D eigenvalue weighted by atomic mass is 10.1. The topological polar surface area (TPSA) is 92.4 Å². The van der Waals surface area contributed by atoms with E-state index in [9.17, 15) is 9.59 Å². The van der Waals surface area contributed by atoms with Gasteiger partial charge in [0.15, 0.2) is 0 Å². The first-order valence-electron chi connectivity index (χ1n) is 7.74. The van der Waals surface area contributed by atoms with Gasteiger partial charge in [0, 0.05) is 16.6 Å². The monoisotopic (exact) mass is 348 g/mol. The van der Waals surface area contributed by atoms with Crippen LogP contribution in [0.5, 0.6) is 0 Å². The Morgan fingerprint density at radius 1 is 1.29 bits per heavy atom. The van der Waals surface area contributed by atoms with Gasteiger partial charge in [0.05, 0.1) is 18.0 Å². The van der Waals surface area contributed by atoms with Crippen LogP contribution in [0.2, 0.25) is 5.02 Å². The van der Waals surface area contributed by atoms with Gasteiger partial charge in [-0.1, -0.05) is 11.6 Å². The van der Waals surface area contributed by atoms with Crippen molar-refractivity contribution in [2.75, 3.05) is 0 Å². The van der Waals surface area contributed by atoms with Crippen molar-refractivity contribution in [1.29, 1.82) is 0 Å². The maximum atomic E-state index is 12.1. The number of carbonyl (C=O) groups is 2. The van der Waals surface area contributed by atoms with Gasteiger partial charge in [-0.05, 0) is 43.5 Å². The number of nitrogens with zero attached hydrogens (tertiary/aromatic N) is 1. The molecule has 1 aliphatic rings. The molecule has 126 valence electrons. The summed E-state index contributed by atoms with van der Waals surface area (Å²) >= 11 is 5.84. The SMILES string of the molecule is O=C(Cc1coc(-c2ccc(Cl)cc2)n1)N[C@@H]1CC[C@H](C(=O)O)C1. The lowest BCUT2D eigenvalue weighted by molar-refractivity contribution is -0.141. The van der Waals surface area contributed by atoms with Gasteiger partial charge >= 0.3 is 5.97 Å². The molecule has 7 heteroatoms. The minimum absolute atomic E-state index is 0.0822. The van der Waals surface area contributed by atoms with Gasteiger partial charge in [-0.15, -0.1) is 0 Å². The number of oxazole rings is 1. The van der Waals surface area contributed by atoms with Crippen LogP contribution in [0.15, 0.2) is 34.9 Å². The molecule has 2 aromatic rings. The number of benzene rings is 1. The maximum Gasteiger partial charge on any atom is 0.306 e. The maximum absolute atomic E-state index is 12.1. The lowest BCUT2D eigenvalue weighted by Gasteiger charge is -2.11. The molecule has 0 bridgehead atoms. The van der Waals surface area contributed by atoms with Crippen LogP contribution in [0.3, 0.4) is 0 Å². The number of carboxylic acids is 1. The smallest absolute Gasteiger partial charge is 0.306 e. The Labute approximate surface area is 143 Å². The molecule has 1 amide bonds. The van der Waals surface area contributed by atoms with Crippen LogP contribution in [0.4, 0.5) is 0 Å². The van der Waals surface area contributed by atoms with Crippen molar-refractivity contribution in [3.8, 4) is 11.5 Å². The summed E-state index contributed by atoms with van der Waals surface area (Å²) < 4.78 is 5.40. The summed E-state index contributed by atoms with van der Waals surface area (Å²) in [6, 6.07) is 6.99. The van der Waals surface area contributed by atoms with Gasteiger partial charge in [-0.2, -0.15) is 0 Å². The van der Waals surface area contributed by atoms with Crippen molar-refractivity contribution < 1.29 is 19.1 Å². The van der Waals surface area contributed by atoms with Gasteiger partial charge in [0.2, 0.25) is 11.8 Å². The molecule has 1 aliphatic carbocycles. The van der Waals surface area contributed by atoms with Gasteiger partial charge in [0.1, 0.15) is 6.26 Å². The summed E-state index contributed by atoms with van der Waals surface area (Å²) in [4.78, 5) is 27.3. The highest BCUT2D eigenvalue weighted by atomic mass is 35.5. The molecule has 1 saturated carbocycles. The number of hydrogen-bond donors (Lipinski definition) is 2. The van der Waals surface area contributed by atoms with Gasteiger partial charge in [0.25, 0.3) is 0 Å². The molecule has 1 aromatic heterocycles. The van der Waals surface area contributed by atoms with Crippen molar-refractivity contribution in [2.45, 2.75) is 31.7 Å². The number of carboxylic acid groups (broad SMARTS) is 1. The fraction of sp³-hybridized carbons (Fsp3) is 0.353. The molecule has 2 N–H and O–H groups in total. The second-order valence-corrected chi connectivity index (χ2v) is 6.38. The Balaban J connectivity index is 1.56. The summed E-state index contributed by atoms with van der Waals surface area (Å²) in [6.07, 6.45) is 3.34. The van der Waals surface area contributed by atoms with E-state index in [2.05, 4.69) is 10.3 Å². The van der Waals surface area contributed by atoms with Crippen molar-refractivity contribution in [2.24, 2.45) is 5.92 Å². The van der Waals surface area contributed by atoms with E-state index in [0.717, 1.165) is 5.56 Å². The molecule has 0 unspecified atom stereocenters. The van der Waals surface area contributed by atoms with Crippen molar-refractivity contribution in [3.05, 3.63) is 41.2 Å². The number of hydrogen-bond acceptors (Lipinski definition) is 4. The molecule has 0 aliphatic heterocycles. The van der Waals surface area contributed by atoms with E-state index in [1.807, 2.05) is 0 Å². The van der Waals surface area contributed by atoms with Crippen LogP contribution in [-0.4, -0.2) is 28.0 Å². The second kappa shape index (κ2) is 7.05. The van der Waals surface area contributed by atoms with E-state index in [-0.39, 0.29) is 24.3 Å². The van der Waals surface area contributed by atoms with E-state index >= 15 is 0 Å². The molecule has 2 atom stereocenters. The first-order valence-corrected chi connectivity index (χ1v) is 8.11. The zero-order valence-corrected chi connectivity index (χ0v) is 13.6. The molecule has 1 fully saturated rings. The fourth-order valence-electron chi connectivity index (χ4n) is 2.89. The summed E-state index contributed by atoms with van der Waals surface area (Å²) in [5, 5.41) is 12.5. The minimum Gasteiger partial charge on any atom is -0.481 e. The lowest BCUT2D eigenvalue weighted by Crippen LogP contribution is -2.34. The largest absolute Gasteiger partial charge is 0.481 e. The number of amides is 1. The summed E-state index contributed by atoms with van der Waals surface area (Å²) in [5.74, 6) is -0.905. The van der Waals surface area contributed by atoms with Crippen LogP contribution in [0, 0.1) is 5.92 Å². The molecule has 3 rings (SSSR count). The van der Waals surface area contributed by atoms with Gasteiger partial charge in [-0.3, -0.25) is 9.59 Å². The number of aromatic nitrogens is 1. The van der Waals surface area contributed by atoms with Crippen LogP contribution >= 0.6 is 11.6 Å². The molecule has 1 aromatic carbocycles. The van der Waals surface area contributed by atoms with Crippen molar-refractivity contribution >= 4 is 23.5 Å². The van der Waals surface area contributed by atoms with E-state index in [1.165, 1.54) is 6.26 Å². The van der Waals surface area contributed by atoms with E-state index in [4.69, 9.17) is 21.1 Å². The molecule has 0 spiro atoms. The van der Waals surface area contributed by atoms with Crippen LogP contribution in [-0.2, 0) is 16.0 Å². The van der Waals surface area contributed by atoms with Gasteiger partial charge < -0.3 is 14.8 Å². The number of nitrogens with one attached hydrogen (secondary N) is 1. The number of carbonyl (C=O) groups excluding carboxylic acids is 1. The standard InChI is InChI=1S/C17H17ClN2O4/c18-12-4-1-10(2-5-12)16-20-14(9-24-16)8-15(21)19-13-6-3-11(7-13)17(22)23/h1-2,4-5,9,11,13H,3,6-8H2,(H,19,21)(H,22,23)/t11-,13+/m0/s1. The number of aliphatic carboxylic acids is 1. The zero-order valence-electron chi connectivity index (χ0n) is 12.9. The number of rotatable bonds is 5. The highest BCUT2D eigenvalue weighted by molar-refractivity contribution is 6.30. The minimum atomic E-state index is -0.796. The average molecular weight is 349 g/mol. The zero-order chi connectivity index (χ0) is 17.1. The first-order chi connectivity index (χ1) is 11.5. The van der Waals surface area contributed by atoms with Crippen LogP contribution < -0.4 is 5.32 Å². The number of halogens is 1. The third-order valence-electron chi connectivity index (χ3n) is 4.13. The first kappa shape index (κ1) is 16.5. The Morgan fingerprint density at radius 3 is 2.71 bits per heavy atom. The molecule has 6 nitrogen and oxygen atoms in total. The predicted octanol–water partition coefficient (Wildman–Crippen LogP) is 2.91. The molecule has 1 heterocycles. The summed E-state index contributed by atoms with van der Waals surface area (Å²) in [7, 11) is 0. The Hall–Kier alpha value is -2.34. The third kappa shape index (κ3) is 3.94. The second-order valence-electron chi connectivity index (χ2n) is 5.94. The third-order valence-corrected chi connectivity index (χ3v) is 4.38. The Kier molecular flexibility index (Phi) is 4.85. The molecule has 0 saturated heterocycles. The van der Waals surface area contributed by atoms with Crippen molar-refractivity contribution in [3.63, 3.8) is 0 Å². The Morgan fingerprint density at radius 2 is 2.04 bits per heavy atom. The van der Waals surface area contributed by atoms with Crippen molar-refractivity contribution in [1.82, 2.24) is 10.3 Å². The van der Waals surface area contributed by atoms with E-state index in [0.29, 0.717) is 35.9 Å². The summed E-state index contributed by atoms with van der Waals surface area (Å²) in [5.41, 5.74) is 1.32. The van der Waals surface area contributed by atoms with Gasteiger partial charge in [-0.25, -0.2) is 4.98 Å². The highest BCUT2D eigenvalue weighted by Crippen LogP contribution is 2.26. The fourth-order valence-corrected chi connectivity index (χ4v) is 3.02. The van der Waals surface area contributed by atoms with E-state index < -0.39 is 5.97 Å². The predicted molar refractivity (Wildman–Crippen MR) is 87.6 cm³/mol. The quantitative estimate of drug-likeness (QED) is 0.866. The van der Waals surface area contributed by atoms with Crippen LogP contribution in [0.1, 0.15) is 25.0 Å². The average Bonchev–Trinajstić information content (AvgIpc) is 3.17. The molecular weight excluding hydrogens is 332 g/mol. The van der Waals surface area contributed by atoms with Crippen LogP contribution in [0.25, 0.3) is 11.5 Å². The highest BCUT2D eigenvalue weighted by Gasteiger charge is 2.30. The summed E-state index contributed by atoms with van der Waals surface area (Å²) in [6.45, 7) is 0. The Bertz CT molecular complexity index is 741.